The SMILES string of the molecule is O=S(=O)([O-])C(F)(F)F.O=S(=O)([O-])C(F)(F)F.[O-2].[Zr+4]. The van der Waals surface area contributed by atoms with E-state index in [1.54, 1.807) is 0 Å². The fourth-order valence-electron chi connectivity index (χ4n) is 0. The van der Waals surface area contributed by atoms with E-state index in [4.69, 9.17) is 25.9 Å². The molecule has 0 heterocycles. The van der Waals surface area contributed by atoms with Crippen molar-refractivity contribution in [2.24, 2.45) is 0 Å². The topological polar surface area (TPSA) is 143 Å². The normalized spacial score (nSPS) is 12.4. The Morgan fingerprint density at radius 2 is 0.722 bits per heavy atom. The predicted molar refractivity (Wildman–Crippen MR) is 32.2 cm³/mol. The molecule has 0 radical (unpaired) electrons. The van der Waals surface area contributed by atoms with Gasteiger partial charge in [0.25, 0.3) is 0 Å². The second kappa shape index (κ2) is 7.74. The zero-order chi connectivity index (χ0) is 14.0. The van der Waals surface area contributed by atoms with Crippen molar-refractivity contribution >= 4 is 20.2 Å². The summed E-state index contributed by atoms with van der Waals surface area (Å²) >= 11 is 0. The van der Waals surface area contributed by atoms with Crippen LogP contribution in [-0.2, 0) is 51.9 Å². The van der Waals surface area contributed by atoms with Crippen molar-refractivity contribution in [3.63, 3.8) is 0 Å². The van der Waals surface area contributed by atoms with Crippen LogP contribution in [0, 0.1) is 0 Å². The van der Waals surface area contributed by atoms with Crippen molar-refractivity contribution in [1.29, 1.82) is 0 Å². The van der Waals surface area contributed by atoms with E-state index >= 15 is 0 Å². The van der Waals surface area contributed by atoms with Gasteiger partial charge < -0.3 is 14.6 Å². The molecule has 16 heteroatoms. The van der Waals surface area contributed by atoms with E-state index in [0.717, 1.165) is 0 Å². The quantitative estimate of drug-likeness (QED) is 0.315. The van der Waals surface area contributed by atoms with E-state index in [2.05, 4.69) is 0 Å². The molecule has 0 unspecified atom stereocenters. The third-order valence-electron chi connectivity index (χ3n) is 0.567. The van der Waals surface area contributed by atoms with Gasteiger partial charge in [-0.3, -0.25) is 0 Å². The maximum absolute atomic E-state index is 10.7. The summed E-state index contributed by atoms with van der Waals surface area (Å²) in [4.78, 5) is 0. The molecule has 0 saturated heterocycles. The summed E-state index contributed by atoms with van der Waals surface area (Å²) in [5.41, 5.74) is -11.3. The van der Waals surface area contributed by atoms with Gasteiger partial charge in [0, 0.05) is 0 Å². The molecular formula is C2F6O7S2Zr. The Hall–Kier alpha value is 0.243. The summed E-state index contributed by atoms with van der Waals surface area (Å²) < 4.78 is 118. The van der Waals surface area contributed by atoms with Crippen LogP contribution >= 0.6 is 0 Å². The maximum Gasteiger partial charge on any atom is 4.00 e. The van der Waals surface area contributed by atoms with Crippen molar-refractivity contribution in [3.8, 4) is 0 Å². The van der Waals surface area contributed by atoms with Gasteiger partial charge in [0.2, 0.25) is 0 Å². The first kappa shape index (κ1) is 26.7. The molecule has 0 spiro atoms. The predicted octanol–water partition coefficient (Wildman–Crippen LogP) is -0.0185. The van der Waals surface area contributed by atoms with Gasteiger partial charge in [0.05, 0.1) is 0 Å². The number of alkyl halides is 6. The summed E-state index contributed by atoms with van der Waals surface area (Å²) in [7, 11) is -12.2. The Labute approximate surface area is 115 Å². The molecule has 0 aliphatic heterocycles. The fourth-order valence-corrected chi connectivity index (χ4v) is 0. The van der Waals surface area contributed by atoms with Gasteiger partial charge in [-0.2, -0.15) is 26.3 Å². The Morgan fingerprint density at radius 1 is 0.667 bits per heavy atom. The van der Waals surface area contributed by atoms with Gasteiger partial charge in [-0.1, -0.05) is 0 Å². The minimum atomic E-state index is -6.09. The fraction of sp³-hybridized carbons (Fsp3) is 1.00. The molecule has 0 saturated carbocycles. The first-order valence-corrected chi connectivity index (χ1v) is 5.36. The van der Waals surface area contributed by atoms with E-state index in [-0.39, 0.29) is 31.7 Å². The Morgan fingerprint density at radius 3 is 0.722 bits per heavy atom. The van der Waals surface area contributed by atoms with Crippen LogP contribution in [0.4, 0.5) is 26.3 Å². The Balaban J connectivity index is -0.0000000980. The second-order valence-corrected chi connectivity index (χ2v) is 4.54. The molecule has 0 aliphatic carbocycles. The molecule has 0 amide bonds. The molecule has 7 nitrogen and oxygen atoms in total. The van der Waals surface area contributed by atoms with Crippen molar-refractivity contribution in [1.82, 2.24) is 0 Å². The molecule has 0 aliphatic rings. The number of rotatable bonds is 0. The second-order valence-electron chi connectivity index (χ2n) is 1.80. The van der Waals surface area contributed by atoms with Gasteiger partial charge in [0.1, 0.15) is 0 Å². The van der Waals surface area contributed by atoms with Crippen LogP contribution < -0.4 is 0 Å². The molecule has 18 heavy (non-hydrogen) atoms. The molecule has 108 valence electrons. The average Bonchev–Trinajstić information content (AvgIpc) is 1.77. The molecular weight excluding hydrogens is 405 g/mol. The summed E-state index contributed by atoms with van der Waals surface area (Å²) in [5.74, 6) is 0. The third kappa shape index (κ3) is 11.3. The Bertz CT molecular complexity index is 376. The first-order valence-electron chi connectivity index (χ1n) is 2.54. The molecule has 0 aromatic heterocycles. The van der Waals surface area contributed by atoms with Gasteiger partial charge in [-0.05, 0) is 0 Å². The average molecular weight is 405 g/mol. The van der Waals surface area contributed by atoms with E-state index in [1.165, 1.54) is 0 Å². The van der Waals surface area contributed by atoms with Crippen LogP contribution in [0.3, 0.4) is 0 Å². The van der Waals surface area contributed by atoms with Gasteiger partial charge >= 0.3 is 37.2 Å². The standard InChI is InChI=1S/2CHF3O3S.O.Zr/c2*2-1(3,4)8(5,6)7;;/h2*(H,5,6,7);;/q;;-2;+4/p-2. The number of halogens is 6. The zero-order valence-electron chi connectivity index (χ0n) is 7.44. The van der Waals surface area contributed by atoms with Crippen molar-refractivity contribution < 1.29 is 84.0 Å². The molecule has 0 bridgehead atoms. The molecule has 0 atom stereocenters. The van der Waals surface area contributed by atoms with Crippen LogP contribution in [-0.4, -0.2) is 37.0 Å². The number of hydrogen-bond donors (Lipinski definition) is 0. The van der Waals surface area contributed by atoms with Crippen molar-refractivity contribution in [2.45, 2.75) is 11.0 Å². The first-order chi connectivity index (χ1) is 6.50. The van der Waals surface area contributed by atoms with Gasteiger partial charge in [-0.15, -0.1) is 0 Å². The minimum absolute atomic E-state index is 0. The zero-order valence-corrected chi connectivity index (χ0v) is 11.5. The Kier molecular flexibility index (Phi) is 11.5. The maximum atomic E-state index is 10.7. The number of hydrogen-bond acceptors (Lipinski definition) is 6. The molecule has 0 N–H and O–H groups in total. The van der Waals surface area contributed by atoms with Gasteiger partial charge in [-0.25, -0.2) is 16.8 Å². The summed E-state index contributed by atoms with van der Waals surface area (Å²) in [6, 6.07) is 0. The molecule has 0 aromatic carbocycles. The van der Waals surface area contributed by atoms with E-state index in [0.29, 0.717) is 0 Å². The van der Waals surface area contributed by atoms with Crippen LogP contribution in [0.25, 0.3) is 0 Å². The molecule has 0 fully saturated rings. The van der Waals surface area contributed by atoms with Crippen molar-refractivity contribution in [3.05, 3.63) is 0 Å². The molecule has 0 aromatic rings. The van der Waals surface area contributed by atoms with Gasteiger partial charge in [0.15, 0.2) is 20.2 Å². The summed E-state index contributed by atoms with van der Waals surface area (Å²) in [6.07, 6.45) is 0. The molecule has 0 rings (SSSR count). The van der Waals surface area contributed by atoms with Crippen LogP contribution in [0.2, 0.25) is 0 Å². The van der Waals surface area contributed by atoms with Crippen LogP contribution in [0.1, 0.15) is 0 Å². The largest absolute Gasteiger partial charge is 4.00 e. The van der Waals surface area contributed by atoms with E-state index in [9.17, 15) is 26.3 Å². The summed E-state index contributed by atoms with van der Waals surface area (Å²) in [6.45, 7) is 0. The van der Waals surface area contributed by atoms with Crippen LogP contribution in [0.5, 0.6) is 0 Å². The van der Waals surface area contributed by atoms with Crippen molar-refractivity contribution in [2.75, 3.05) is 0 Å². The summed E-state index contributed by atoms with van der Waals surface area (Å²) in [5, 5.41) is 0. The third-order valence-corrected chi connectivity index (χ3v) is 1.70. The minimum Gasteiger partial charge on any atom is -2.00 e. The monoisotopic (exact) mass is 404 g/mol. The smallest absolute Gasteiger partial charge is 2.00 e. The van der Waals surface area contributed by atoms with E-state index < -0.39 is 31.3 Å². The van der Waals surface area contributed by atoms with E-state index in [1.807, 2.05) is 0 Å². The van der Waals surface area contributed by atoms with Crippen LogP contribution in [0.15, 0.2) is 0 Å².